The van der Waals surface area contributed by atoms with Gasteiger partial charge < -0.3 is 5.32 Å². The summed E-state index contributed by atoms with van der Waals surface area (Å²) in [6.45, 7) is 6.33. The quantitative estimate of drug-likeness (QED) is 0.843. The standard InChI is InChI=1S/C19H24FN/c1-13(2)10-15-6-5-7-16(12-15)19(21-4)17-9-8-14(3)11-18(17)20/h5-9,11-13,19,21H,10H2,1-4H3. The predicted molar refractivity (Wildman–Crippen MR) is 87.0 cm³/mol. The number of benzene rings is 2. The van der Waals surface area contributed by atoms with E-state index in [1.54, 1.807) is 6.07 Å². The van der Waals surface area contributed by atoms with Crippen molar-refractivity contribution in [3.8, 4) is 0 Å². The van der Waals surface area contributed by atoms with Gasteiger partial charge in [-0.25, -0.2) is 4.39 Å². The zero-order chi connectivity index (χ0) is 15.4. The van der Waals surface area contributed by atoms with E-state index in [1.807, 2.05) is 26.1 Å². The molecule has 1 atom stereocenters. The number of hydrogen-bond donors (Lipinski definition) is 1. The van der Waals surface area contributed by atoms with Gasteiger partial charge in [0, 0.05) is 5.56 Å². The molecule has 112 valence electrons. The molecule has 0 amide bonds. The number of rotatable bonds is 5. The lowest BCUT2D eigenvalue weighted by Crippen LogP contribution is -2.19. The first-order valence-electron chi connectivity index (χ1n) is 7.53. The van der Waals surface area contributed by atoms with Crippen LogP contribution in [0.15, 0.2) is 42.5 Å². The first-order valence-corrected chi connectivity index (χ1v) is 7.53. The molecule has 0 saturated heterocycles. The zero-order valence-electron chi connectivity index (χ0n) is 13.3. The lowest BCUT2D eigenvalue weighted by molar-refractivity contribution is 0.574. The molecular formula is C19H24FN. The van der Waals surface area contributed by atoms with Crippen LogP contribution in [0.25, 0.3) is 0 Å². The monoisotopic (exact) mass is 285 g/mol. The second kappa shape index (κ2) is 6.86. The Morgan fingerprint density at radius 2 is 1.86 bits per heavy atom. The van der Waals surface area contributed by atoms with Crippen molar-refractivity contribution < 1.29 is 4.39 Å². The lowest BCUT2D eigenvalue weighted by Gasteiger charge is -2.19. The molecular weight excluding hydrogens is 261 g/mol. The van der Waals surface area contributed by atoms with Gasteiger partial charge in [0.2, 0.25) is 0 Å². The van der Waals surface area contributed by atoms with Crippen LogP contribution in [0.5, 0.6) is 0 Å². The van der Waals surface area contributed by atoms with Crippen molar-refractivity contribution in [3.63, 3.8) is 0 Å². The molecule has 0 spiro atoms. The first kappa shape index (κ1) is 15.7. The van der Waals surface area contributed by atoms with Gasteiger partial charge in [0.1, 0.15) is 5.82 Å². The van der Waals surface area contributed by atoms with E-state index in [9.17, 15) is 4.39 Å². The first-order chi connectivity index (χ1) is 10.0. The molecule has 0 aromatic heterocycles. The van der Waals surface area contributed by atoms with Crippen LogP contribution in [0, 0.1) is 18.7 Å². The summed E-state index contributed by atoms with van der Waals surface area (Å²) in [4.78, 5) is 0. The van der Waals surface area contributed by atoms with E-state index in [0.29, 0.717) is 11.5 Å². The van der Waals surface area contributed by atoms with Gasteiger partial charge in [0.25, 0.3) is 0 Å². The van der Waals surface area contributed by atoms with E-state index < -0.39 is 0 Å². The second-order valence-corrected chi connectivity index (χ2v) is 6.09. The van der Waals surface area contributed by atoms with Crippen LogP contribution in [0.2, 0.25) is 0 Å². The van der Waals surface area contributed by atoms with Gasteiger partial charge in [-0.15, -0.1) is 0 Å². The molecule has 0 aliphatic rings. The van der Waals surface area contributed by atoms with E-state index in [0.717, 1.165) is 17.5 Å². The highest BCUT2D eigenvalue weighted by atomic mass is 19.1. The summed E-state index contributed by atoms with van der Waals surface area (Å²) in [5.41, 5.74) is 4.05. The average molecular weight is 285 g/mol. The van der Waals surface area contributed by atoms with Crippen molar-refractivity contribution in [2.45, 2.75) is 33.2 Å². The van der Waals surface area contributed by atoms with Gasteiger partial charge in [0.05, 0.1) is 6.04 Å². The summed E-state index contributed by atoms with van der Waals surface area (Å²) in [5, 5.41) is 3.24. The smallest absolute Gasteiger partial charge is 0.128 e. The highest BCUT2D eigenvalue weighted by Crippen LogP contribution is 2.26. The van der Waals surface area contributed by atoms with E-state index >= 15 is 0 Å². The van der Waals surface area contributed by atoms with Crippen molar-refractivity contribution >= 4 is 0 Å². The van der Waals surface area contributed by atoms with Crippen LogP contribution < -0.4 is 5.32 Å². The molecule has 0 aliphatic heterocycles. The van der Waals surface area contributed by atoms with E-state index in [4.69, 9.17) is 0 Å². The molecule has 0 radical (unpaired) electrons. The maximum absolute atomic E-state index is 14.2. The Morgan fingerprint density at radius 1 is 1.10 bits per heavy atom. The third-order valence-electron chi connectivity index (χ3n) is 3.68. The SMILES string of the molecule is CNC(c1cccc(CC(C)C)c1)c1ccc(C)cc1F. The summed E-state index contributed by atoms with van der Waals surface area (Å²) in [6.07, 6.45) is 1.04. The lowest BCUT2D eigenvalue weighted by atomic mass is 9.94. The summed E-state index contributed by atoms with van der Waals surface area (Å²) in [5.74, 6) is 0.466. The predicted octanol–water partition coefficient (Wildman–Crippen LogP) is 4.64. The summed E-state index contributed by atoms with van der Waals surface area (Å²) >= 11 is 0. The normalized spacial score (nSPS) is 12.7. The molecule has 0 fully saturated rings. The Labute approximate surface area is 127 Å². The highest BCUT2D eigenvalue weighted by molar-refractivity contribution is 5.36. The average Bonchev–Trinajstić information content (AvgIpc) is 2.41. The van der Waals surface area contributed by atoms with Crippen LogP contribution in [-0.2, 0) is 6.42 Å². The van der Waals surface area contributed by atoms with Gasteiger partial charge in [-0.1, -0.05) is 50.2 Å². The minimum Gasteiger partial charge on any atom is -0.309 e. The molecule has 0 saturated carbocycles. The molecule has 0 aliphatic carbocycles. The fourth-order valence-corrected chi connectivity index (χ4v) is 2.74. The number of nitrogens with one attached hydrogen (secondary N) is 1. The fourth-order valence-electron chi connectivity index (χ4n) is 2.74. The van der Waals surface area contributed by atoms with E-state index in [1.165, 1.54) is 5.56 Å². The molecule has 2 heteroatoms. The number of halogens is 1. The van der Waals surface area contributed by atoms with Gasteiger partial charge >= 0.3 is 0 Å². The topological polar surface area (TPSA) is 12.0 Å². The molecule has 0 heterocycles. The molecule has 1 unspecified atom stereocenters. The summed E-state index contributed by atoms with van der Waals surface area (Å²) in [7, 11) is 1.87. The van der Waals surface area contributed by atoms with Crippen molar-refractivity contribution in [1.82, 2.24) is 5.32 Å². The van der Waals surface area contributed by atoms with Crippen LogP contribution >= 0.6 is 0 Å². The van der Waals surface area contributed by atoms with Gasteiger partial charge in [-0.3, -0.25) is 0 Å². The van der Waals surface area contributed by atoms with Crippen LogP contribution in [0.3, 0.4) is 0 Å². The summed E-state index contributed by atoms with van der Waals surface area (Å²) in [6, 6.07) is 13.8. The van der Waals surface area contributed by atoms with Gasteiger partial charge in [-0.2, -0.15) is 0 Å². The van der Waals surface area contributed by atoms with Crippen LogP contribution in [-0.4, -0.2) is 7.05 Å². The summed E-state index contributed by atoms with van der Waals surface area (Å²) < 4.78 is 14.2. The van der Waals surface area contributed by atoms with Gasteiger partial charge in [0.15, 0.2) is 0 Å². The zero-order valence-corrected chi connectivity index (χ0v) is 13.3. The Balaban J connectivity index is 2.37. The maximum atomic E-state index is 14.2. The van der Waals surface area contributed by atoms with Crippen molar-refractivity contribution in [2.24, 2.45) is 5.92 Å². The van der Waals surface area contributed by atoms with E-state index in [2.05, 4.69) is 43.4 Å². The fraction of sp³-hybridized carbons (Fsp3) is 0.368. The Bertz CT molecular complexity index is 604. The van der Waals surface area contributed by atoms with Crippen molar-refractivity contribution in [1.29, 1.82) is 0 Å². The molecule has 1 N–H and O–H groups in total. The molecule has 2 aromatic carbocycles. The molecule has 1 nitrogen and oxygen atoms in total. The van der Waals surface area contributed by atoms with Crippen molar-refractivity contribution in [3.05, 3.63) is 70.5 Å². The maximum Gasteiger partial charge on any atom is 0.128 e. The van der Waals surface area contributed by atoms with Crippen LogP contribution in [0.1, 0.15) is 42.1 Å². The molecule has 2 rings (SSSR count). The third kappa shape index (κ3) is 3.92. The minimum absolute atomic E-state index is 0.113. The number of aryl methyl sites for hydroxylation is 1. The molecule has 0 bridgehead atoms. The third-order valence-corrected chi connectivity index (χ3v) is 3.68. The van der Waals surface area contributed by atoms with E-state index in [-0.39, 0.29) is 11.9 Å². The van der Waals surface area contributed by atoms with Crippen LogP contribution in [0.4, 0.5) is 4.39 Å². The molecule has 21 heavy (non-hydrogen) atoms. The number of hydrogen-bond acceptors (Lipinski definition) is 1. The Morgan fingerprint density at radius 3 is 2.48 bits per heavy atom. The largest absolute Gasteiger partial charge is 0.309 e. The molecule has 2 aromatic rings. The van der Waals surface area contributed by atoms with Crippen molar-refractivity contribution in [2.75, 3.05) is 7.05 Å². The minimum atomic E-state index is -0.149. The Kier molecular flexibility index (Phi) is 5.13. The second-order valence-electron chi connectivity index (χ2n) is 6.09. The Hall–Kier alpha value is -1.67. The highest BCUT2D eigenvalue weighted by Gasteiger charge is 2.16. The van der Waals surface area contributed by atoms with Gasteiger partial charge in [-0.05, 0) is 49.1 Å².